The number of aromatic amines is 1. The van der Waals surface area contributed by atoms with E-state index in [4.69, 9.17) is 0 Å². The van der Waals surface area contributed by atoms with Gasteiger partial charge in [0.25, 0.3) is 11.8 Å². The average Bonchev–Trinajstić information content (AvgIpc) is 3.27. The Kier molecular flexibility index (Phi) is 5.87. The van der Waals surface area contributed by atoms with E-state index < -0.39 is 0 Å². The van der Waals surface area contributed by atoms with Crippen molar-refractivity contribution in [2.75, 3.05) is 5.32 Å². The van der Waals surface area contributed by atoms with Crippen LogP contribution in [0.5, 0.6) is 0 Å². The van der Waals surface area contributed by atoms with Crippen molar-refractivity contribution in [2.45, 2.75) is 51.5 Å². The van der Waals surface area contributed by atoms with Crippen LogP contribution in [0.25, 0.3) is 27.7 Å². The molecule has 2 aliphatic rings. The molecule has 5 aromatic heterocycles. The number of hydrogen-bond acceptors (Lipinski definition) is 5. The lowest BCUT2D eigenvalue weighted by Crippen LogP contribution is -2.34. The third-order valence-electron chi connectivity index (χ3n) is 8.95. The molecule has 7 rings (SSSR count). The van der Waals surface area contributed by atoms with E-state index in [0.717, 1.165) is 40.8 Å². The third-order valence-corrected chi connectivity index (χ3v) is 8.95. The van der Waals surface area contributed by atoms with Gasteiger partial charge in [0.1, 0.15) is 11.5 Å². The molecule has 5 aromatic rings. The number of carbonyl (C=O) groups is 2. The molecule has 0 radical (unpaired) electrons. The van der Waals surface area contributed by atoms with Crippen LogP contribution in [0.4, 0.5) is 5.82 Å². The topological polar surface area (TPSA) is 117 Å². The Labute approximate surface area is 231 Å². The minimum atomic E-state index is -0.247. The number of rotatable bonds is 5. The summed E-state index contributed by atoms with van der Waals surface area (Å²) in [6.07, 6.45) is 15.7. The maximum absolute atomic E-state index is 13.4. The molecule has 1 spiro atoms. The Bertz CT molecular complexity index is 1740. The van der Waals surface area contributed by atoms with Crippen molar-refractivity contribution in [1.82, 2.24) is 29.9 Å². The zero-order valence-corrected chi connectivity index (χ0v) is 22.4. The predicted octanol–water partition coefficient (Wildman–Crippen LogP) is 5.61. The summed E-state index contributed by atoms with van der Waals surface area (Å²) >= 11 is 0. The fraction of sp³-hybridized carbons (Fsp3) is 0.323. The molecular formula is C31H31N7O2. The summed E-state index contributed by atoms with van der Waals surface area (Å²) in [4.78, 5) is 37.6. The maximum atomic E-state index is 13.4. The molecule has 9 nitrogen and oxygen atoms in total. The molecule has 2 saturated carbocycles. The number of nitrogens with zero attached hydrogens (tertiary/aromatic N) is 4. The largest absolute Gasteiger partial charge is 0.349 e. The molecule has 9 heteroatoms. The molecule has 2 amide bonds. The molecule has 3 N–H and O–H groups in total. The highest BCUT2D eigenvalue weighted by Gasteiger charge is 2.50. The molecule has 202 valence electrons. The van der Waals surface area contributed by atoms with Crippen LogP contribution in [0.1, 0.15) is 66.2 Å². The zero-order chi connectivity index (χ0) is 27.3. The molecule has 0 aromatic carbocycles. The fourth-order valence-electron chi connectivity index (χ4n) is 6.41. The van der Waals surface area contributed by atoms with Gasteiger partial charge in [-0.15, -0.1) is 0 Å². The van der Waals surface area contributed by atoms with Gasteiger partial charge in [0.15, 0.2) is 0 Å². The normalized spacial score (nSPS) is 22.3. The summed E-state index contributed by atoms with van der Waals surface area (Å²) in [7, 11) is 0. The summed E-state index contributed by atoms with van der Waals surface area (Å²) in [6, 6.07) is 11.2. The van der Waals surface area contributed by atoms with Gasteiger partial charge >= 0.3 is 0 Å². The van der Waals surface area contributed by atoms with Crippen LogP contribution in [-0.4, -0.2) is 42.4 Å². The maximum Gasteiger partial charge on any atom is 0.256 e. The van der Waals surface area contributed by atoms with Gasteiger partial charge in [0.2, 0.25) is 0 Å². The van der Waals surface area contributed by atoms with Crippen LogP contribution >= 0.6 is 0 Å². The third kappa shape index (κ3) is 4.41. The Hall–Kier alpha value is -4.53. The lowest BCUT2D eigenvalue weighted by molar-refractivity contribution is 0.0933. The first kappa shape index (κ1) is 24.5. The zero-order valence-electron chi connectivity index (χ0n) is 22.4. The monoisotopic (exact) mass is 533 g/mol. The van der Waals surface area contributed by atoms with Gasteiger partial charge in [-0.1, -0.05) is 13.3 Å². The SMILES string of the molecule is CC1C[C@@]12CCCC(NC(=O)c1cnn3ccc(-c4c[nH]c5nc(NC(=O)c6ccncc6)ccc45)cc13)CC2. The molecule has 0 saturated heterocycles. The van der Waals surface area contributed by atoms with Crippen molar-refractivity contribution < 1.29 is 9.59 Å². The first-order valence-electron chi connectivity index (χ1n) is 14.0. The highest BCUT2D eigenvalue weighted by molar-refractivity contribution is 6.05. The molecule has 3 atom stereocenters. The second-order valence-corrected chi connectivity index (χ2v) is 11.4. The minimum Gasteiger partial charge on any atom is -0.349 e. The molecule has 0 aliphatic heterocycles. The number of hydrogen-bond donors (Lipinski definition) is 3. The fourth-order valence-corrected chi connectivity index (χ4v) is 6.41. The van der Waals surface area contributed by atoms with Crippen LogP contribution < -0.4 is 10.6 Å². The highest BCUT2D eigenvalue weighted by Crippen LogP contribution is 2.60. The minimum absolute atomic E-state index is 0.0629. The molecule has 40 heavy (non-hydrogen) atoms. The summed E-state index contributed by atoms with van der Waals surface area (Å²) in [5, 5.41) is 11.5. The van der Waals surface area contributed by atoms with Gasteiger partial charge < -0.3 is 15.6 Å². The van der Waals surface area contributed by atoms with E-state index in [9.17, 15) is 9.59 Å². The van der Waals surface area contributed by atoms with Gasteiger partial charge in [0.05, 0.1) is 17.3 Å². The predicted molar refractivity (Wildman–Crippen MR) is 153 cm³/mol. The first-order valence-corrected chi connectivity index (χ1v) is 14.0. The number of pyridine rings is 3. The summed E-state index contributed by atoms with van der Waals surface area (Å²) < 4.78 is 1.74. The van der Waals surface area contributed by atoms with E-state index in [1.54, 1.807) is 41.3 Å². The standard InChI is InChI=1S/C31H31N7O2/c1-19-16-31(19)10-2-3-22(6-11-31)35-30(40)25-18-34-38-14-9-21(15-26(25)38)24-17-33-28-23(24)4-5-27(36-28)37-29(39)20-7-12-32-13-8-20/h4-5,7-9,12-15,17-19,22H,2-3,6,10-11,16H2,1H3,(H,35,40)(H2,33,36,37,39)/t19?,22?,31-/m0/s1. The van der Waals surface area contributed by atoms with Crippen molar-refractivity contribution in [1.29, 1.82) is 0 Å². The number of anilines is 1. The van der Waals surface area contributed by atoms with Crippen LogP contribution in [0.15, 0.2) is 67.4 Å². The van der Waals surface area contributed by atoms with E-state index in [1.165, 1.54) is 25.7 Å². The Morgan fingerprint density at radius 2 is 1.93 bits per heavy atom. The van der Waals surface area contributed by atoms with E-state index in [2.05, 4.69) is 37.6 Å². The van der Waals surface area contributed by atoms with E-state index in [0.29, 0.717) is 28.0 Å². The van der Waals surface area contributed by atoms with Gasteiger partial charge in [-0.3, -0.25) is 14.6 Å². The van der Waals surface area contributed by atoms with Crippen molar-refractivity contribution in [3.8, 4) is 11.1 Å². The second-order valence-electron chi connectivity index (χ2n) is 11.4. The molecule has 2 fully saturated rings. The lowest BCUT2D eigenvalue weighted by Gasteiger charge is -2.16. The van der Waals surface area contributed by atoms with Gasteiger partial charge in [-0.25, -0.2) is 9.50 Å². The quantitative estimate of drug-likeness (QED) is 0.271. The molecule has 2 unspecified atom stereocenters. The first-order chi connectivity index (χ1) is 19.5. The summed E-state index contributed by atoms with van der Waals surface area (Å²) in [5.41, 5.74) is 4.96. The Morgan fingerprint density at radius 3 is 2.75 bits per heavy atom. The number of H-pyrrole nitrogens is 1. The van der Waals surface area contributed by atoms with Crippen molar-refractivity contribution in [3.63, 3.8) is 0 Å². The van der Waals surface area contributed by atoms with Crippen LogP contribution in [0.3, 0.4) is 0 Å². The van der Waals surface area contributed by atoms with E-state index in [1.807, 2.05) is 30.6 Å². The van der Waals surface area contributed by atoms with Gasteiger partial charge in [-0.05, 0) is 85.4 Å². The van der Waals surface area contributed by atoms with Gasteiger partial charge in [-0.2, -0.15) is 5.10 Å². The Morgan fingerprint density at radius 1 is 1.07 bits per heavy atom. The number of carbonyl (C=O) groups excluding carboxylic acids is 2. The molecule has 0 bridgehead atoms. The van der Waals surface area contributed by atoms with Crippen LogP contribution in [0, 0.1) is 11.3 Å². The van der Waals surface area contributed by atoms with E-state index >= 15 is 0 Å². The highest BCUT2D eigenvalue weighted by atomic mass is 16.2. The summed E-state index contributed by atoms with van der Waals surface area (Å²) in [6.45, 7) is 2.36. The van der Waals surface area contributed by atoms with Crippen molar-refractivity contribution in [3.05, 3.63) is 78.5 Å². The number of fused-ring (bicyclic) bond motifs is 2. The van der Waals surface area contributed by atoms with Crippen LogP contribution in [0.2, 0.25) is 0 Å². The van der Waals surface area contributed by atoms with Crippen LogP contribution in [-0.2, 0) is 0 Å². The summed E-state index contributed by atoms with van der Waals surface area (Å²) in [5.74, 6) is 0.973. The van der Waals surface area contributed by atoms with Crippen molar-refractivity contribution in [2.24, 2.45) is 11.3 Å². The number of aromatic nitrogens is 5. The molecule has 5 heterocycles. The van der Waals surface area contributed by atoms with Gasteiger partial charge in [0, 0.05) is 47.3 Å². The van der Waals surface area contributed by atoms with Crippen molar-refractivity contribution >= 4 is 34.2 Å². The number of nitrogens with one attached hydrogen (secondary N) is 3. The van der Waals surface area contributed by atoms with E-state index in [-0.39, 0.29) is 17.9 Å². The molecular weight excluding hydrogens is 502 g/mol. The lowest BCUT2D eigenvalue weighted by atomic mass is 9.94. The average molecular weight is 534 g/mol. The smallest absolute Gasteiger partial charge is 0.256 e. The Balaban J connectivity index is 1.11. The molecule has 2 aliphatic carbocycles. The number of amides is 2. The second kappa shape index (κ2) is 9.59.